The molecule has 0 saturated heterocycles. The van der Waals surface area contributed by atoms with E-state index >= 15 is 0 Å². The van der Waals surface area contributed by atoms with E-state index in [4.69, 9.17) is 4.74 Å². The van der Waals surface area contributed by atoms with Crippen LogP contribution in [0.25, 0.3) is 0 Å². The molecule has 0 amide bonds. The first-order valence-corrected chi connectivity index (χ1v) is 3.13. The van der Waals surface area contributed by atoms with Gasteiger partial charge >= 0.3 is 0 Å². The predicted molar refractivity (Wildman–Crippen MR) is 38.8 cm³/mol. The first kappa shape index (κ1) is 8.06. The smallest absolute Gasteiger partial charge is 0.132 e. The minimum atomic E-state index is 1.10. The van der Waals surface area contributed by atoms with Crippen LogP contribution < -0.4 is 0 Å². The molecule has 0 saturated carbocycles. The van der Waals surface area contributed by atoms with Gasteiger partial charge in [-0.3, -0.25) is 0 Å². The second-order valence-electron chi connectivity index (χ2n) is 1.43. The molecule has 50 valence electrons. The van der Waals surface area contributed by atoms with Gasteiger partial charge in [-0.05, 0) is 18.6 Å². The zero-order valence-corrected chi connectivity index (χ0v) is 6.14. The normalized spacial score (nSPS) is 13.0. The van der Waals surface area contributed by atoms with Crippen LogP contribution in [-0.2, 0) is 4.74 Å². The van der Waals surface area contributed by atoms with Crippen molar-refractivity contribution in [3.63, 3.8) is 0 Å². The van der Waals surface area contributed by atoms with Crippen LogP contribution >= 0.6 is 0 Å². The molecule has 0 aromatic carbocycles. The predicted octanol–water partition coefficient (Wildman–Crippen LogP) is 2.62. The summed E-state index contributed by atoms with van der Waals surface area (Å²) in [4.78, 5) is 0. The molecule has 1 aliphatic rings. The molecule has 0 radical (unpaired) electrons. The third-order valence-corrected chi connectivity index (χ3v) is 0.701. The van der Waals surface area contributed by atoms with E-state index in [1.54, 1.807) is 6.26 Å². The molecule has 1 aliphatic heterocycles. The molecule has 0 aromatic heterocycles. The van der Waals surface area contributed by atoms with E-state index in [0.717, 1.165) is 5.57 Å². The summed E-state index contributed by atoms with van der Waals surface area (Å²) in [5.74, 6) is 0. The van der Waals surface area contributed by atoms with E-state index in [1.165, 1.54) is 6.26 Å². The first-order valence-electron chi connectivity index (χ1n) is 3.13. The van der Waals surface area contributed by atoms with Gasteiger partial charge in [-0.25, -0.2) is 0 Å². The molecule has 0 aliphatic carbocycles. The lowest BCUT2D eigenvalue weighted by Gasteiger charge is -1.92. The average molecular weight is 124 g/mol. The lowest BCUT2D eigenvalue weighted by atomic mass is 10.3. The van der Waals surface area contributed by atoms with Crippen LogP contribution in [0.4, 0.5) is 0 Å². The molecule has 0 unspecified atom stereocenters. The molecular weight excluding hydrogens is 112 g/mol. The van der Waals surface area contributed by atoms with Gasteiger partial charge in [0.1, 0.15) is 6.26 Å². The second-order valence-corrected chi connectivity index (χ2v) is 1.43. The summed E-state index contributed by atoms with van der Waals surface area (Å²) in [6, 6.07) is 0. The Hall–Kier alpha value is -0.940. The number of hydrogen-bond donors (Lipinski definition) is 0. The van der Waals surface area contributed by atoms with Crippen LogP contribution in [0.2, 0.25) is 0 Å². The fourth-order valence-electron chi connectivity index (χ4n) is 0.380. The minimum absolute atomic E-state index is 1.10. The van der Waals surface area contributed by atoms with Crippen molar-refractivity contribution in [1.82, 2.24) is 0 Å². The highest BCUT2D eigenvalue weighted by Crippen LogP contribution is 1.97. The van der Waals surface area contributed by atoms with Gasteiger partial charge in [0.05, 0.1) is 6.26 Å². The molecule has 0 spiro atoms. The molecular formula is C8H12O. The van der Waals surface area contributed by atoms with Crippen molar-refractivity contribution in [2.24, 2.45) is 0 Å². The first-order chi connectivity index (χ1) is 4.39. The highest BCUT2D eigenvalue weighted by molar-refractivity contribution is 5.15. The van der Waals surface area contributed by atoms with Crippen LogP contribution in [0, 0.1) is 0 Å². The zero-order valence-electron chi connectivity index (χ0n) is 6.14. The van der Waals surface area contributed by atoms with Crippen molar-refractivity contribution >= 4 is 0 Å². The number of rotatable bonds is 0. The van der Waals surface area contributed by atoms with Crippen LogP contribution in [0.15, 0.2) is 29.9 Å². The molecule has 1 rings (SSSR count). The molecule has 1 nitrogen and oxygen atoms in total. The van der Waals surface area contributed by atoms with Gasteiger partial charge in [0.2, 0.25) is 0 Å². The van der Waals surface area contributed by atoms with E-state index in [0.29, 0.717) is 0 Å². The minimum Gasteiger partial charge on any atom is -0.464 e. The maximum absolute atomic E-state index is 4.75. The second kappa shape index (κ2) is 5.20. The van der Waals surface area contributed by atoms with Crippen molar-refractivity contribution < 1.29 is 4.74 Å². The van der Waals surface area contributed by atoms with E-state index in [-0.39, 0.29) is 0 Å². The van der Waals surface area contributed by atoms with E-state index in [2.05, 4.69) is 5.73 Å². The fourth-order valence-corrected chi connectivity index (χ4v) is 0.380. The monoisotopic (exact) mass is 124 g/mol. The highest BCUT2D eigenvalue weighted by Gasteiger charge is 1.81. The van der Waals surface area contributed by atoms with Gasteiger partial charge in [-0.2, -0.15) is 0 Å². The van der Waals surface area contributed by atoms with Crippen molar-refractivity contribution in [2.45, 2.75) is 20.8 Å². The SMILES string of the molecule is CC.CC1=COC=C=C1. The Bertz CT molecular complexity index is 148. The Morgan fingerprint density at radius 3 is 2.33 bits per heavy atom. The third kappa shape index (κ3) is 3.63. The molecule has 0 fully saturated rings. The molecule has 1 heteroatoms. The standard InChI is InChI=1S/C6H6O.C2H6/c1-6-3-2-4-7-5-6;1-2/h3-5H,1H3;1-2H3. The quantitative estimate of drug-likeness (QED) is 0.451. The number of hydrogen-bond acceptors (Lipinski definition) is 1. The molecule has 0 atom stereocenters. The Kier molecular flexibility index (Phi) is 4.66. The largest absolute Gasteiger partial charge is 0.464 e. The Balaban J connectivity index is 0.000000291. The Labute approximate surface area is 56.3 Å². The van der Waals surface area contributed by atoms with E-state index < -0.39 is 0 Å². The summed E-state index contributed by atoms with van der Waals surface area (Å²) < 4.78 is 4.75. The van der Waals surface area contributed by atoms with Crippen LogP contribution in [0.1, 0.15) is 20.8 Å². The van der Waals surface area contributed by atoms with Crippen LogP contribution in [0.3, 0.4) is 0 Å². The number of ether oxygens (including phenoxy) is 1. The van der Waals surface area contributed by atoms with Gasteiger partial charge in [0, 0.05) is 0 Å². The van der Waals surface area contributed by atoms with Gasteiger partial charge in [-0.15, -0.1) is 0 Å². The maximum Gasteiger partial charge on any atom is 0.132 e. The van der Waals surface area contributed by atoms with Gasteiger partial charge in [0.25, 0.3) is 0 Å². The Morgan fingerprint density at radius 1 is 1.44 bits per heavy atom. The van der Waals surface area contributed by atoms with Crippen molar-refractivity contribution in [1.29, 1.82) is 0 Å². The van der Waals surface area contributed by atoms with Crippen LogP contribution in [0.5, 0.6) is 0 Å². The zero-order chi connectivity index (χ0) is 7.11. The molecule has 1 heterocycles. The van der Waals surface area contributed by atoms with Gasteiger partial charge in [0.15, 0.2) is 0 Å². The van der Waals surface area contributed by atoms with Crippen molar-refractivity contribution in [3.8, 4) is 0 Å². The summed E-state index contributed by atoms with van der Waals surface area (Å²) in [7, 11) is 0. The average Bonchev–Trinajstić information content (AvgIpc) is 1.94. The number of allylic oxidation sites excluding steroid dienone is 2. The third-order valence-electron chi connectivity index (χ3n) is 0.701. The summed E-state index contributed by atoms with van der Waals surface area (Å²) in [5, 5.41) is 0. The van der Waals surface area contributed by atoms with E-state index in [9.17, 15) is 0 Å². The fraction of sp³-hybridized carbons (Fsp3) is 0.375. The topological polar surface area (TPSA) is 9.23 Å². The molecule has 9 heavy (non-hydrogen) atoms. The molecule has 0 aromatic rings. The lowest BCUT2D eigenvalue weighted by molar-refractivity contribution is 0.397. The van der Waals surface area contributed by atoms with Crippen LogP contribution in [-0.4, -0.2) is 0 Å². The maximum atomic E-state index is 4.75. The molecule has 0 N–H and O–H groups in total. The lowest BCUT2D eigenvalue weighted by Crippen LogP contribution is -1.73. The summed E-state index contributed by atoms with van der Waals surface area (Å²) in [6.07, 6.45) is 5.06. The molecule has 0 bridgehead atoms. The Morgan fingerprint density at radius 2 is 2.11 bits per heavy atom. The van der Waals surface area contributed by atoms with Crippen molar-refractivity contribution in [2.75, 3.05) is 0 Å². The van der Waals surface area contributed by atoms with E-state index in [1.807, 2.05) is 26.8 Å². The van der Waals surface area contributed by atoms with Gasteiger partial charge in [-0.1, -0.05) is 19.6 Å². The summed E-state index contributed by atoms with van der Waals surface area (Å²) >= 11 is 0. The summed E-state index contributed by atoms with van der Waals surface area (Å²) in [5.41, 5.74) is 3.89. The highest BCUT2D eigenvalue weighted by atomic mass is 16.5. The van der Waals surface area contributed by atoms with Gasteiger partial charge < -0.3 is 4.74 Å². The summed E-state index contributed by atoms with van der Waals surface area (Å²) in [6.45, 7) is 5.96. The van der Waals surface area contributed by atoms with Crippen molar-refractivity contribution in [3.05, 3.63) is 29.9 Å².